The number of rotatable bonds is 1. The van der Waals surface area contributed by atoms with E-state index < -0.39 is 0 Å². The maximum Gasteiger partial charge on any atom is 0.0484 e. The molecule has 2 unspecified atom stereocenters. The molecular formula is C16H18ClN. The first kappa shape index (κ1) is 12.0. The lowest BCUT2D eigenvalue weighted by Gasteiger charge is -2.28. The number of hydrogen-bond donors (Lipinski definition) is 1. The Balaban J connectivity index is 2.09. The van der Waals surface area contributed by atoms with E-state index in [1.807, 2.05) is 12.1 Å². The summed E-state index contributed by atoms with van der Waals surface area (Å²) in [6, 6.07) is 13.0. The van der Waals surface area contributed by atoms with Crippen LogP contribution < -0.4 is 5.73 Å². The lowest BCUT2D eigenvalue weighted by atomic mass is 9.80. The number of nitrogens with two attached hydrogens (primary N) is 1. The maximum atomic E-state index is 6.27. The normalized spacial score (nSPS) is 24.3. The minimum atomic E-state index is 0.359. The van der Waals surface area contributed by atoms with Gasteiger partial charge in [-0.15, -0.1) is 0 Å². The standard InChI is InChI=1S/C16H18ClN/c17-16-9-8-13(11-4-3-5-12(18)10-11)14-6-1-2-7-15(14)16/h1-2,6-9,11-12H,3-5,10,18H2. The van der Waals surface area contributed by atoms with E-state index in [1.54, 1.807) is 0 Å². The van der Waals surface area contributed by atoms with E-state index in [4.69, 9.17) is 17.3 Å². The average molecular weight is 260 g/mol. The van der Waals surface area contributed by atoms with E-state index in [0.717, 1.165) is 16.8 Å². The molecule has 0 bridgehead atoms. The van der Waals surface area contributed by atoms with Gasteiger partial charge in [-0.3, -0.25) is 0 Å². The van der Waals surface area contributed by atoms with E-state index >= 15 is 0 Å². The molecular weight excluding hydrogens is 242 g/mol. The molecule has 18 heavy (non-hydrogen) atoms. The van der Waals surface area contributed by atoms with Crippen LogP contribution in [0.25, 0.3) is 10.8 Å². The summed E-state index contributed by atoms with van der Waals surface area (Å²) >= 11 is 6.27. The first-order valence-electron chi connectivity index (χ1n) is 6.68. The molecule has 94 valence electrons. The van der Waals surface area contributed by atoms with Gasteiger partial charge < -0.3 is 5.73 Å². The van der Waals surface area contributed by atoms with E-state index in [2.05, 4.69) is 24.3 Å². The molecule has 1 nitrogen and oxygen atoms in total. The van der Waals surface area contributed by atoms with E-state index in [0.29, 0.717) is 12.0 Å². The molecule has 2 N–H and O–H groups in total. The van der Waals surface area contributed by atoms with Crippen LogP contribution in [0, 0.1) is 0 Å². The highest BCUT2D eigenvalue weighted by atomic mass is 35.5. The zero-order valence-electron chi connectivity index (χ0n) is 10.4. The summed E-state index contributed by atoms with van der Waals surface area (Å²) in [6.07, 6.45) is 4.76. The van der Waals surface area contributed by atoms with Gasteiger partial charge in [-0.2, -0.15) is 0 Å². The summed E-state index contributed by atoms with van der Waals surface area (Å²) in [5.74, 6) is 0.593. The van der Waals surface area contributed by atoms with Crippen LogP contribution in [0.4, 0.5) is 0 Å². The zero-order valence-corrected chi connectivity index (χ0v) is 11.2. The van der Waals surface area contributed by atoms with Gasteiger partial charge in [0, 0.05) is 16.5 Å². The highest BCUT2D eigenvalue weighted by Crippen LogP contribution is 2.37. The van der Waals surface area contributed by atoms with Crippen molar-refractivity contribution in [2.24, 2.45) is 5.73 Å². The molecule has 1 saturated carbocycles. The van der Waals surface area contributed by atoms with Crippen LogP contribution in [0.1, 0.15) is 37.2 Å². The van der Waals surface area contributed by atoms with Gasteiger partial charge in [-0.05, 0) is 42.2 Å². The molecule has 0 aliphatic heterocycles. The second-order valence-corrected chi connectivity index (χ2v) is 5.71. The Kier molecular flexibility index (Phi) is 3.27. The topological polar surface area (TPSA) is 26.0 Å². The number of benzene rings is 2. The van der Waals surface area contributed by atoms with Crippen LogP contribution in [-0.4, -0.2) is 6.04 Å². The molecule has 1 aliphatic carbocycles. The van der Waals surface area contributed by atoms with Crippen LogP contribution in [0.15, 0.2) is 36.4 Å². The van der Waals surface area contributed by atoms with Crippen molar-refractivity contribution in [1.29, 1.82) is 0 Å². The third kappa shape index (κ3) is 2.13. The first-order chi connectivity index (χ1) is 8.75. The van der Waals surface area contributed by atoms with Crippen molar-refractivity contribution < 1.29 is 0 Å². The fourth-order valence-corrected chi connectivity index (χ4v) is 3.38. The van der Waals surface area contributed by atoms with Gasteiger partial charge in [0.05, 0.1) is 0 Å². The summed E-state index contributed by atoms with van der Waals surface area (Å²) in [6.45, 7) is 0. The third-order valence-corrected chi connectivity index (χ3v) is 4.39. The van der Waals surface area contributed by atoms with E-state index in [-0.39, 0.29) is 0 Å². The molecule has 3 rings (SSSR count). The quantitative estimate of drug-likeness (QED) is 0.803. The monoisotopic (exact) mass is 259 g/mol. The lowest BCUT2D eigenvalue weighted by molar-refractivity contribution is 0.395. The molecule has 2 atom stereocenters. The Morgan fingerprint density at radius 3 is 2.56 bits per heavy atom. The summed E-state index contributed by atoms with van der Waals surface area (Å²) in [5.41, 5.74) is 7.53. The third-order valence-electron chi connectivity index (χ3n) is 4.06. The summed E-state index contributed by atoms with van der Waals surface area (Å²) in [4.78, 5) is 0. The van der Waals surface area contributed by atoms with Crippen LogP contribution >= 0.6 is 11.6 Å². The minimum absolute atomic E-state index is 0.359. The van der Waals surface area contributed by atoms with Gasteiger partial charge in [-0.1, -0.05) is 48.4 Å². The van der Waals surface area contributed by atoms with Crippen molar-refractivity contribution in [2.75, 3.05) is 0 Å². The molecule has 0 radical (unpaired) electrons. The van der Waals surface area contributed by atoms with Crippen molar-refractivity contribution in [3.05, 3.63) is 47.0 Å². The second kappa shape index (κ2) is 4.91. The van der Waals surface area contributed by atoms with Gasteiger partial charge in [0.2, 0.25) is 0 Å². The summed E-state index contributed by atoms with van der Waals surface area (Å²) in [7, 11) is 0. The zero-order chi connectivity index (χ0) is 12.5. The Morgan fingerprint density at radius 1 is 1.00 bits per heavy atom. The average Bonchev–Trinajstić information content (AvgIpc) is 2.39. The molecule has 0 spiro atoms. The maximum absolute atomic E-state index is 6.27. The Labute approximate surface area is 113 Å². The second-order valence-electron chi connectivity index (χ2n) is 5.31. The fraction of sp³-hybridized carbons (Fsp3) is 0.375. The Morgan fingerprint density at radius 2 is 1.78 bits per heavy atom. The number of fused-ring (bicyclic) bond motifs is 1. The number of hydrogen-bond acceptors (Lipinski definition) is 1. The van der Waals surface area contributed by atoms with Crippen molar-refractivity contribution in [2.45, 2.75) is 37.6 Å². The molecule has 0 amide bonds. The minimum Gasteiger partial charge on any atom is -0.328 e. The van der Waals surface area contributed by atoms with Gasteiger partial charge in [0.1, 0.15) is 0 Å². The molecule has 0 saturated heterocycles. The summed E-state index contributed by atoms with van der Waals surface area (Å²) in [5, 5.41) is 3.30. The van der Waals surface area contributed by atoms with E-state index in [9.17, 15) is 0 Å². The first-order valence-corrected chi connectivity index (χ1v) is 7.06. The van der Waals surface area contributed by atoms with Gasteiger partial charge >= 0.3 is 0 Å². The fourth-order valence-electron chi connectivity index (χ4n) is 3.15. The summed E-state index contributed by atoms with van der Waals surface area (Å²) < 4.78 is 0. The number of halogens is 1. The van der Waals surface area contributed by atoms with Crippen LogP contribution in [-0.2, 0) is 0 Å². The highest BCUT2D eigenvalue weighted by molar-refractivity contribution is 6.35. The van der Waals surface area contributed by atoms with Crippen molar-refractivity contribution in [1.82, 2.24) is 0 Å². The predicted molar refractivity (Wildman–Crippen MR) is 78.1 cm³/mol. The molecule has 1 fully saturated rings. The van der Waals surface area contributed by atoms with Gasteiger partial charge in [0.25, 0.3) is 0 Å². The molecule has 2 heteroatoms. The highest BCUT2D eigenvalue weighted by Gasteiger charge is 2.22. The van der Waals surface area contributed by atoms with Crippen molar-refractivity contribution >= 4 is 22.4 Å². The van der Waals surface area contributed by atoms with Crippen molar-refractivity contribution in [3.63, 3.8) is 0 Å². The largest absolute Gasteiger partial charge is 0.328 e. The molecule has 2 aromatic carbocycles. The molecule has 0 aromatic heterocycles. The predicted octanol–water partition coefficient (Wildman–Crippen LogP) is 4.48. The van der Waals surface area contributed by atoms with Crippen LogP contribution in [0.3, 0.4) is 0 Å². The molecule has 0 heterocycles. The molecule has 2 aromatic rings. The van der Waals surface area contributed by atoms with E-state index in [1.165, 1.54) is 30.2 Å². The van der Waals surface area contributed by atoms with Crippen LogP contribution in [0.2, 0.25) is 5.02 Å². The molecule has 1 aliphatic rings. The SMILES string of the molecule is NC1CCCC(c2ccc(Cl)c3ccccc23)C1. The lowest BCUT2D eigenvalue weighted by Crippen LogP contribution is -2.26. The van der Waals surface area contributed by atoms with Gasteiger partial charge in [0.15, 0.2) is 0 Å². The smallest absolute Gasteiger partial charge is 0.0484 e. The van der Waals surface area contributed by atoms with Crippen LogP contribution in [0.5, 0.6) is 0 Å². The van der Waals surface area contributed by atoms with Gasteiger partial charge in [-0.25, -0.2) is 0 Å². The van der Waals surface area contributed by atoms with Crippen molar-refractivity contribution in [3.8, 4) is 0 Å². The Bertz CT molecular complexity index is 564. The Hall–Kier alpha value is -1.05.